The number of fused-ring (bicyclic) bond motifs is 2. The van der Waals surface area contributed by atoms with Crippen LogP contribution in [0.1, 0.15) is 17.3 Å². The number of hydrazone groups is 1. The number of amidine groups is 1. The maximum atomic E-state index is 13.2. The zero-order valence-corrected chi connectivity index (χ0v) is 18.7. The molecule has 1 N–H and O–H groups in total. The molecular formula is C24H19ClN4O2S. The van der Waals surface area contributed by atoms with Crippen LogP contribution in [-0.2, 0) is 10.5 Å². The zero-order valence-electron chi connectivity index (χ0n) is 17.2. The quantitative estimate of drug-likeness (QED) is 0.645. The molecule has 1 unspecified atom stereocenters. The Labute approximate surface area is 194 Å². The van der Waals surface area contributed by atoms with Crippen molar-refractivity contribution >= 4 is 40.1 Å². The fourth-order valence-corrected chi connectivity index (χ4v) is 4.64. The van der Waals surface area contributed by atoms with Crippen LogP contribution in [0.5, 0.6) is 5.75 Å². The maximum absolute atomic E-state index is 13.2. The predicted molar refractivity (Wildman–Crippen MR) is 127 cm³/mol. The van der Waals surface area contributed by atoms with Crippen molar-refractivity contribution in [3.63, 3.8) is 0 Å². The molecule has 8 heteroatoms. The molecule has 2 aliphatic heterocycles. The van der Waals surface area contributed by atoms with E-state index in [4.69, 9.17) is 26.4 Å². The van der Waals surface area contributed by atoms with E-state index in [-0.39, 0.29) is 5.91 Å². The van der Waals surface area contributed by atoms with Gasteiger partial charge in [-0.1, -0.05) is 71.9 Å². The predicted octanol–water partition coefficient (Wildman–Crippen LogP) is 3.43. The fraction of sp³-hybridized carbons (Fsp3) is 0.125. The summed E-state index contributed by atoms with van der Waals surface area (Å²) in [6.45, 7) is 0. The monoisotopic (exact) mass is 462 g/mol. The van der Waals surface area contributed by atoms with Crippen LogP contribution in [0.2, 0.25) is 5.02 Å². The minimum atomic E-state index is -0.520. The van der Waals surface area contributed by atoms with Crippen LogP contribution in [0, 0.1) is 0 Å². The standard InChI is InChI=1S/C24H19ClN4O2S/c1-31-20-9-5-3-7-18(20)22-26-19-8-4-2-6-17(19)21-23(30)27-24(28-29(21)22)32-14-15-10-12-16(25)13-11-15/h2-13,22H,14H2,1H3,(H,27,28,30). The Morgan fingerprint density at radius 1 is 1.06 bits per heavy atom. The molecule has 0 saturated carbocycles. The zero-order chi connectivity index (χ0) is 22.1. The number of hydrogen-bond acceptors (Lipinski definition) is 6. The number of thioether (sulfide) groups is 1. The summed E-state index contributed by atoms with van der Waals surface area (Å²) >= 11 is 7.43. The average Bonchev–Trinajstić information content (AvgIpc) is 2.83. The van der Waals surface area contributed by atoms with E-state index in [1.165, 1.54) is 11.8 Å². The lowest BCUT2D eigenvalue weighted by Gasteiger charge is -2.34. The normalized spacial score (nSPS) is 17.0. The SMILES string of the molecule is COc1ccccc1C1N=c2ccccc2=C2C(=O)NC(SCc3ccc(Cl)cc3)=NN21. The molecule has 32 heavy (non-hydrogen) atoms. The smallest absolute Gasteiger partial charge is 0.276 e. The van der Waals surface area contributed by atoms with Gasteiger partial charge in [-0.15, -0.1) is 5.10 Å². The second-order valence-electron chi connectivity index (χ2n) is 7.23. The third kappa shape index (κ3) is 3.85. The Bertz CT molecular complexity index is 1340. The van der Waals surface area contributed by atoms with Crippen molar-refractivity contribution in [2.75, 3.05) is 7.11 Å². The molecule has 5 rings (SSSR count). The first-order valence-corrected chi connectivity index (χ1v) is 11.4. The molecule has 0 bridgehead atoms. The number of carbonyl (C=O) groups is 1. The van der Waals surface area contributed by atoms with Crippen molar-refractivity contribution in [3.05, 3.63) is 99.5 Å². The minimum Gasteiger partial charge on any atom is -0.496 e. The van der Waals surface area contributed by atoms with E-state index in [2.05, 4.69) is 5.32 Å². The van der Waals surface area contributed by atoms with Gasteiger partial charge in [-0.3, -0.25) is 15.1 Å². The molecule has 6 nitrogen and oxygen atoms in total. The average molecular weight is 463 g/mol. The van der Waals surface area contributed by atoms with Crippen molar-refractivity contribution in [2.45, 2.75) is 11.9 Å². The van der Waals surface area contributed by atoms with E-state index in [0.717, 1.165) is 21.7 Å². The molecule has 1 amide bonds. The molecular weight excluding hydrogens is 444 g/mol. The van der Waals surface area contributed by atoms with Crippen molar-refractivity contribution in [1.82, 2.24) is 10.3 Å². The highest BCUT2D eigenvalue weighted by Crippen LogP contribution is 2.35. The Balaban J connectivity index is 1.57. The van der Waals surface area contributed by atoms with Gasteiger partial charge in [-0.2, -0.15) is 0 Å². The number of hydrogen-bond donors (Lipinski definition) is 1. The first-order valence-electron chi connectivity index (χ1n) is 10.0. The number of para-hydroxylation sites is 2. The molecule has 0 radical (unpaired) electrons. The Kier molecular flexibility index (Phi) is 5.59. The van der Waals surface area contributed by atoms with Crippen LogP contribution in [0.4, 0.5) is 0 Å². The Morgan fingerprint density at radius 3 is 2.62 bits per heavy atom. The summed E-state index contributed by atoms with van der Waals surface area (Å²) in [5.41, 5.74) is 2.39. The first-order chi connectivity index (χ1) is 15.6. The second-order valence-corrected chi connectivity index (χ2v) is 8.63. The largest absolute Gasteiger partial charge is 0.496 e. The van der Waals surface area contributed by atoms with E-state index in [0.29, 0.717) is 27.4 Å². The van der Waals surface area contributed by atoms with Crippen LogP contribution in [0.15, 0.2) is 82.9 Å². The summed E-state index contributed by atoms with van der Waals surface area (Å²) in [4.78, 5) is 18.1. The summed E-state index contributed by atoms with van der Waals surface area (Å²) in [7, 11) is 1.62. The van der Waals surface area contributed by atoms with Gasteiger partial charge in [0.15, 0.2) is 11.3 Å². The summed E-state index contributed by atoms with van der Waals surface area (Å²) in [6.07, 6.45) is -0.520. The molecule has 160 valence electrons. The number of nitrogens with one attached hydrogen (secondary N) is 1. The Morgan fingerprint density at radius 2 is 1.81 bits per heavy atom. The lowest BCUT2D eigenvalue weighted by Crippen LogP contribution is -2.50. The maximum Gasteiger partial charge on any atom is 0.276 e. The first kappa shape index (κ1) is 20.6. The highest BCUT2D eigenvalue weighted by Gasteiger charge is 2.35. The highest BCUT2D eigenvalue weighted by molar-refractivity contribution is 8.13. The number of carbonyl (C=O) groups excluding carboxylic acids is 1. The second kappa shape index (κ2) is 8.68. The van der Waals surface area contributed by atoms with Gasteiger partial charge in [-0.25, -0.2) is 5.01 Å². The number of amides is 1. The van der Waals surface area contributed by atoms with Crippen LogP contribution >= 0.6 is 23.4 Å². The highest BCUT2D eigenvalue weighted by atomic mass is 35.5. The topological polar surface area (TPSA) is 66.3 Å². The summed E-state index contributed by atoms with van der Waals surface area (Å²) < 4.78 is 5.57. The third-order valence-corrected chi connectivity index (χ3v) is 6.41. The van der Waals surface area contributed by atoms with Gasteiger partial charge in [0.2, 0.25) is 0 Å². The minimum absolute atomic E-state index is 0.208. The van der Waals surface area contributed by atoms with Crippen molar-refractivity contribution in [3.8, 4) is 5.75 Å². The van der Waals surface area contributed by atoms with Crippen LogP contribution in [0.25, 0.3) is 5.70 Å². The molecule has 0 saturated heterocycles. The molecule has 3 aromatic carbocycles. The molecule has 2 aliphatic rings. The van der Waals surface area contributed by atoms with Gasteiger partial charge < -0.3 is 4.74 Å². The Hall–Kier alpha value is -3.29. The number of nitrogens with zero attached hydrogens (tertiary/aromatic N) is 3. The lowest BCUT2D eigenvalue weighted by molar-refractivity contribution is -0.116. The molecule has 0 aromatic heterocycles. The molecule has 0 fully saturated rings. The molecule has 3 aromatic rings. The van der Waals surface area contributed by atoms with Gasteiger partial charge in [0.25, 0.3) is 5.91 Å². The molecule has 0 spiro atoms. The number of rotatable bonds is 4. The van der Waals surface area contributed by atoms with E-state index >= 15 is 0 Å². The number of halogens is 1. The lowest BCUT2D eigenvalue weighted by atomic mass is 10.1. The van der Waals surface area contributed by atoms with Crippen LogP contribution in [0.3, 0.4) is 0 Å². The number of ether oxygens (including phenoxy) is 1. The van der Waals surface area contributed by atoms with Gasteiger partial charge in [0, 0.05) is 21.6 Å². The van der Waals surface area contributed by atoms with Gasteiger partial charge in [0.1, 0.15) is 11.4 Å². The van der Waals surface area contributed by atoms with E-state index in [9.17, 15) is 4.79 Å². The van der Waals surface area contributed by atoms with Gasteiger partial charge in [0.05, 0.1) is 12.5 Å². The van der Waals surface area contributed by atoms with Crippen molar-refractivity contribution in [1.29, 1.82) is 0 Å². The van der Waals surface area contributed by atoms with Gasteiger partial charge >= 0.3 is 0 Å². The van der Waals surface area contributed by atoms with E-state index in [1.807, 2.05) is 72.8 Å². The molecule has 0 aliphatic carbocycles. The summed E-state index contributed by atoms with van der Waals surface area (Å²) in [6, 6.07) is 22.9. The number of benzene rings is 3. The summed E-state index contributed by atoms with van der Waals surface area (Å²) in [5.74, 6) is 1.13. The van der Waals surface area contributed by atoms with E-state index < -0.39 is 6.17 Å². The van der Waals surface area contributed by atoms with Crippen molar-refractivity contribution in [2.24, 2.45) is 10.1 Å². The van der Waals surface area contributed by atoms with Crippen molar-refractivity contribution < 1.29 is 9.53 Å². The number of methoxy groups -OCH3 is 1. The third-order valence-electron chi connectivity index (χ3n) is 5.22. The molecule has 2 heterocycles. The van der Waals surface area contributed by atoms with E-state index in [1.54, 1.807) is 12.1 Å². The summed E-state index contributed by atoms with van der Waals surface area (Å²) in [5, 5.41) is 12.1. The fourth-order valence-electron chi connectivity index (χ4n) is 3.71. The molecule has 1 atom stereocenters. The van der Waals surface area contributed by atoms with Crippen LogP contribution < -0.4 is 20.6 Å². The van der Waals surface area contributed by atoms with Gasteiger partial charge in [-0.05, 0) is 29.8 Å². The van der Waals surface area contributed by atoms with Crippen LogP contribution in [-0.4, -0.2) is 23.2 Å².